The average Bonchev–Trinajstić information content (AvgIpc) is 1.87. The Labute approximate surface area is 78.5 Å². The van der Waals surface area contributed by atoms with Crippen molar-refractivity contribution in [3.05, 3.63) is 0 Å². The zero-order valence-electron chi connectivity index (χ0n) is 6.70. The van der Waals surface area contributed by atoms with Crippen LogP contribution < -0.4 is 0 Å². The summed E-state index contributed by atoms with van der Waals surface area (Å²) in [6, 6.07) is 0. The van der Waals surface area contributed by atoms with Gasteiger partial charge in [0, 0.05) is 5.25 Å². The Morgan fingerprint density at radius 3 is 2.40 bits per heavy atom. The van der Waals surface area contributed by atoms with Crippen LogP contribution in [0.2, 0.25) is 0 Å². The van der Waals surface area contributed by atoms with Gasteiger partial charge >= 0.3 is 0 Å². The number of thiol groups is 1. The van der Waals surface area contributed by atoms with Crippen LogP contribution in [0.25, 0.3) is 0 Å². The maximum absolute atomic E-state index is 5.33. The molecule has 0 aliphatic rings. The Balaban J connectivity index is 3.77. The van der Waals surface area contributed by atoms with E-state index in [9.17, 15) is 0 Å². The lowest BCUT2D eigenvalue weighted by Gasteiger charge is -2.16. The van der Waals surface area contributed by atoms with Crippen molar-refractivity contribution in [3.8, 4) is 0 Å². The fourth-order valence-corrected chi connectivity index (χ4v) is 6.64. The fraction of sp³-hybridized carbons (Fsp3) is 1.00. The number of hydrogen-bond acceptors (Lipinski definition) is 2. The standard InChI is InChI=1S/C6H15PS3/c1-4-6(3)10-7(8,9)5-2/h6H,4-5H2,1-3H3,(H,8,9). The van der Waals surface area contributed by atoms with Crippen LogP contribution in [-0.2, 0) is 11.8 Å². The summed E-state index contributed by atoms with van der Waals surface area (Å²) in [4.78, 5) is 0. The summed E-state index contributed by atoms with van der Waals surface area (Å²) in [6.07, 6.45) is 2.25. The van der Waals surface area contributed by atoms with Gasteiger partial charge < -0.3 is 0 Å². The monoisotopic (exact) mass is 214 g/mol. The molecular weight excluding hydrogens is 199 g/mol. The molecule has 2 atom stereocenters. The summed E-state index contributed by atoms with van der Waals surface area (Å²) in [6.45, 7) is 6.54. The second-order valence-electron chi connectivity index (χ2n) is 2.28. The highest BCUT2D eigenvalue weighted by Crippen LogP contribution is 2.64. The Morgan fingerprint density at radius 1 is 1.60 bits per heavy atom. The molecule has 0 saturated heterocycles. The molecule has 0 N–H and O–H groups in total. The minimum Gasteiger partial charge on any atom is -0.131 e. The van der Waals surface area contributed by atoms with Crippen LogP contribution in [0.5, 0.6) is 0 Å². The van der Waals surface area contributed by atoms with Crippen LogP contribution in [0.1, 0.15) is 27.2 Å². The van der Waals surface area contributed by atoms with Crippen molar-refractivity contribution in [1.29, 1.82) is 0 Å². The Morgan fingerprint density at radius 2 is 2.10 bits per heavy atom. The van der Waals surface area contributed by atoms with Crippen molar-refractivity contribution in [3.63, 3.8) is 0 Å². The lowest BCUT2D eigenvalue weighted by molar-refractivity contribution is 0.912. The minimum absolute atomic E-state index is 0.684. The minimum atomic E-state index is -1.30. The van der Waals surface area contributed by atoms with Crippen molar-refractivity contribution in [2.24, 2.45) is 0 Å². The largest absolute Gasteiger partial charge is 0.131 e. The van der Waals surface area contributed by atoms with Gasteiger partial charge in [0.1, 0.15) is 0 Å². The van der Waals surface area contributed by atoms with Crippen LogP contribution in [0, 0.1) is 0 Å². The third kappa shape index (κ3) is 5.06. The highest BCUT2D eigenvalue weighted by molar-refractivity contribution is 8.96. The Hall–Kier alpha value is 1.35. The lowest BCUT2D eigenvalue weighted by Crippen LogP contribution is -1.90. The first-order valence-electron chi connectivity index (χ1n) is 3.52. The maximum atomic E-state index is 5.33. The number of rotatable bonds is 4. The van der Waals surface area contributed by atoms with Crippen molar-refractivity contribution in [2.75, 3.05) is 6.16 Å². The van der Waals surface area contributed by atoms with Gasteiger partial charge in [0.15, 0.2) is 0 Å². The Bertz CT molecular complexity index is 135. The van der Waals surface area contributed by atoms with E-state index in [2.05, 4.69) is 33.0 Å². The molecule has 10 heavy (non-hydrogen) atoms. The highest BCUT2D eigenvalue weighted by Gasteiger charge is 2.12. The molecule has 0 aliphatic carbocycles. The molecular formula is C6H15PS3. The van der Waals surface area contributed by atoms with E-state index in [1.165, 1.54) is 6.42 Å². The Kier molecular flexibility index (Phi) is 5.76. The van der Waals surface area contributed by atoms with Crippen molar-refractivity contribution in [2.45, 2.75) is 32.4 Å². The molecule has 0 amide bonds. The summed E-state index contributed by atoms with van der Waals surface area (Å²) in [5.41, 5.74) is 0. The molecule has 0 aromatic heterocycles. The fourth-order valence-electron chi connectivity index (χ4n) is 0.430. The van der Waals surface area contributed by atoms with Crippen molar-refractivity contribution in [1.82, 2.24) is 0 Å². The molecule has 0 bridgehead atoms. The van der Waals surface area contributed by atoms with E-state index in [1.54, 1.807) is 0 Å². The predicted molar refractivity (Wildman–Crippen MR) is 61.2 cm³/mol. The third-order valence-corrected chi connectivity index (χ3v) is 9.23. The third-order valence-electron chi connectivity index (χ3n) is 1.32. The van der Waals surface area contributed by atoms with E-state index in [0.29, 0.717) is 5.25 Å². The van der Waals surface area contributed by atoms with E-state index >= 15 is 0 Å². The summed E-state index contributed by atoms with van der Waals surface area (Å²) < 4.78 is -1.30. The molecule has 0 aromatic rings. The maximum Gasteiger partial charge on any atom is 0.0542 e. The topological polar surface area (TPSA) is 0 Å². The summed E-state index contributed by atoms with van der Waals surface area (Å²) >= 11 is 11.7. The zero-order chi connectivity index (χ0) is 8.20. The first kappa shape index (κ1) is 11.4. The van der Waals surface area contributed by atoms with E-state index in [1.807, 2.05) is 11.4 Å². The van der Waals surface area contributed by atoms with Gasteiger partial charge in [0.2, 0.25) is 0 Å². The second kappa shape index (κ2) is 5.08. The second-order valence-corrected chi connectivity index (χ2v) is 13.9. The van der Waals surface area contributed by atoms with Crippen LogP contribution >= 0.6 is 28.1 Å². The van der Waals surface area contributed by atoms with Crippen LogP contribution in [0.15, 0.2) is 0 Å². The molecule has 0 aliphatic heterocycles. The van der Waals surface area contributed by atoms with Gasteiger partial charge in [0.05, 0.1) is 4.44 Å². The summed E-state index contributed by atoms with van der Waals surface area (Å²) in [7, 11) is 0. The summed E-state index contributed by atoms with van der Waals surface area (Å²) in [5, 5.41) is 0.684. The van der Waals surface area contributed by atoms with Crippen LogP contribution in [-0.4, -0.2) is 11.4 Å². The molecule has 0 saturated carbocycles. The van der Waals surface area contributed by atoms with Crippen LogP contribution in [0.3, 0.4) is 0 Å². The van der Waals surface area contributed by atoms with E-state index in [-0.39, 0.29) is 0 Å². The molecule has 0 spiro atoms. The predicted octanol–water partition coefficient (Wildman–Crippen LogP) is 3.78. The van der Waals surface area contributed by atoms with E-state index < -0.39 is 4.44 Å². The molecule has 0 rings (SSSR count). The van der Waals surface area contributed by atoms with Gasteiger partial charge in [-0.3, -0.25) is 0 Å². The molecule has 4 heteroatoms. The first-order chi connectivity index (χ1) is 4.52. The van der Waals surface area contributed by atoms with Gasteiger partial charge in [-0.05, 0) is 12.6 Å². The van der Waals surface area contributed by atoms with Crippen molar-refractivity contribution < 1.29 is 0 Å². The van der Waals surface area contributed by atoms with Crippen LogP contribution in [0.4, 0.5) is 0 Å². The highest BCUT2D eigenvalue weighted by atomic mass is 33.2. The quantitative estimate of drug-likeness (QED) is 0.559. The first-order valence-corrected chi connectivity index (χ1v) is 9.14. The smallest absolute Gasteiger partial charge is 0.0542 e. The van der Waals surface area contributed by atoms with Gasteiger partial charge in [-0.15, -0.1) is 23.6 Å². The molecule has 0 fully saturated rings. The molecule has 0 heterocycles. The molecule has 2 unspecified atom stereocenters. The zero-order valence-corrected chi connectivity index (χ0v) is 10.1. The molecule has 0 nitrogen and oxygen atoms in total. The lowest BCUT2D eigenvalue weighted by atomic mass is 10.4. The van der Waals surface area contributed by atoms with Gasteiger partial charge in [0.25, 0.3) is 0 Å². The van der Waals surface area contributed by atoms with Gasteiger partial charge in [-0.1, -0.05) is 32.6 Å². The van der Waals surface area contributed by atoms with E-state index in [0.717, 1.165) is 6.16 Å². The molecule has 0 aromatic carbocycles. The SMILES string of the molecule is CCC(C)SP(=S)(S)CC. The molecule has 0 radical (unpaired) electrons. The average molecular weight is 214 g/mol. The normalized spacial score (nSPS) is 20.0. The van der Waals surface area contributed by atoms with Gasteiger partial charge in [-0.25, -0.2) is 0 Å². The summed E-state index contributed by atoms with van der Waals surface area (Å²) in [5.74, 6) is 0. The molecule has 62 valence electrons. The van der Waals surface area contributed by atoms with Gasteiger partial charge in [-0.2, -0.15) is 0 Å². The van der Waals surface area contributed by atoms with E-state index in [4.69, 9.17) is 11.8 Å². The van der Waals surface area contributed by atoms with Crippen molar-refractivity contribution >= 4 is 39.9 Å². The number of hydrogen-bond donors (Lipinski definition) is 1.